The number of piperidine rings is 1. The van der Waals surface area contributed by atoms with Gasteiger partial charge in [0.25, 0.3) is 10.0 Å². The van der Waals surface area contributed by atoms with E-state index in [4.69, 9.17) is 0 Å². The van der Waals surface area contributed by atoms with Crippen LogP contribution >= 0.6 is 11.3 Å². The molecular weight excluding hydrogens is 611 g/mol. The predicted octanol–water partition coefficient (Wildman–Crippen LogP) is 3.98. The maximum atomic E-state index is 13.0. The number of sulfonamides is 2. The van der Waals surface area contributed by atoms with Crippen molar-refractivity contribution in [2.45, 2.75) is 29.2 Å². The lowest BCUT2D eigenvalue weighted by Crippen LogP contribution is -2.43. The first-order valence-electron chi connectivity index (χ1n) is 13.6. The normalized spacial score (nSPS) is 15.3. The number of hydrogen-bond acceptors (Lipinski definition) is 10. The Balaban J connectivity index is 1.11. The maximum Gasteiger partial charge on any atom is 0.271 e. The molecule has 4 aromatic rings. The van der Waals surface area contributed by atoms with E-state index in [1.807, 2.05) is 30.3 Å². The largest absolute Gasteiger partial charge is 0.506 e. The quantitative estimate of drug-likeness (QED) is 0.152. The van der Waals surface area contributed by atoms with Crippen LogP contribution in [0.5, 0.6) is 5.75 Å². The molecule has 2 aromatic carbocycles. The van der Waals surface area contributed by atoms with Crippen molar-refractivity contribution >= 4 is 48.4 Å². The van der Waals surface area contributed by atoms with Crippen LogP contribution in [-0.4, -0.2) is 64.0 Å². The van der Waals surface area contributed by atoms with Gasteiger partial charge >= 0.3 is 0 Å². The van der Waals surface area contributed by atoms with Crippen LogP contribution in [0.4, 0.5) is 17.1 Å². The zero-order chi connectivity index (χ0) is 30.6. The third-order valence-corrected chi connectivity index (χ3v) is 10.6. The van der Waals surface area contributed by atoms with E-state index in [0.717, 1.165) is 48.4 Å². The molecular formula is C29H33N5O6S3. The summed E-state index contributed by atoms with van der Waals surface area (Å²) in [4.78, 5) is 7.29. The molecule has 228 valence electrons. The number of rotatable bonds is 11. The molecule has 1 saturated heterocycles. The first-order chi connectivity index (χ1) is 20.5. The lowest BCUT2D eigenvalue weighted by atomic mass is 10.0. The second-order valence-corrected chi connectivity index (χ2v) is 15.1. The molecule has 0 bridgehead atoms. The van der Waals surface area contributed by atoms with Crippen LogP contribution in [-0.2, 0) is 20.0 Å². The van der Waals surface area contributed by atoms with Crippen molar-refractivity contribution in [3.8, 4) is 16.3 Å². The third-order valence-electron chi connectivity index (χ3n) is 7.04. The van der Waals surface area contributed by atoms with Gasteiger partial charge in [0.2, 0.25) is 10.0 Å². The van der Waals surface area contributed by atoms with E-state index in [0.29, 0.717) is 11.3 Å². The summed E-state index contributed by atoms with van der Waals surface area (Å²) in [6.07, 6.45) is 3.46. The number of aliphatic hydroxyl groups is 1. The molecule has 0 saturated carbocycles. The lowest BCUT2D eigenvalue weighted by Gasteiger charge is -2.34. The Labute approximate surface area is 255 Å². The smallest absolute Gasteiger partial charge is 0.271 e. The van der Waals surface area contributed by atoms with Crippen molar-refractivity contribution in [2.75, 3.05) is 40.2 Å². The highest BCUT2D eigenvalue weighted by atomic mass is 32.2. The van der Waals surface area contributed by atoms with Gasteiger partial charge in [0.1, 0.15) is 9.96 Å². The summed E-state index contributed by atoms with van der Waals surface area (Å²) in [7, 11) is -7.31. The predicted molar refractivity (Wildman–Crippen MR) is 170 cm³/mol. The van der Waals surface area contributed by atoms with Gasteiger partial charge in [-0.3, -0.25) is 14.4 Å². The second-order valence-electron chi connectivity index (χ2n) is 10.3. The number of phenolic OH excluding ortho intramolecular Hbond substituents is 1. The van der Waals surface area contributed by atoms with Gasteiger partial charge in [-0.15, -0.1) is 11.3 Å². The third kappa shape index (κ3) is 8.03. The zero-order valence-corrected chi connectivity index (χ0v) is 25.8. The summed E-state index contributed by atoms with van der Waals surface area (Å²) in [6.45, 7) is 1.84. The molecule has 0 amide bonds. The van der Waals surface area contributed by atoms with Crippen molar-refractivity contribution in [1.82, 2.24) is 10.3 Å². The van der Waals surface area contributed by atoms with E-state index in [-0.39, 0.29) is 28.2 Å². The van der Waals surface area contributed by atoms with Crippen molar-refractivity contribution in [3.05, 3.63) is 84.6 Å². The minimum absolute atomic E-state index is 0.0208. The number of aliphatic hydroxyl groups excluding tert-OH is 1. The molecule has 2 aromatic heterocycles. The fraction of sp³-hybridized carbons (Fsp3) is 0.276. The summed E-state index contributed by atoms with van der Waals surface area (Å²) >= 11 is 1.17. The second kappa shape index (κ2) is 12.9. The highest BCUT2D eigenvalue weighted by Gasteiger charge is 2.22. The number of hydrogen-bond donors (Lipinski definition) is 5. The Hall–Kier alpha value is -3.69. The van der Waals surface area contributed by atoms with Crippen LogP contribution < -0.4 is 19.7 Å². The molecule has 5 N–H and O–H groups in total. The molecule has 0 aliphatic carbocycles. The van der Waals surface area contributed by atoms with E-state index in [2.05, 4.69) is 24.6 Å². The topological polar surface area (TPSA) is 161 Å². The Morgan fingerprint density at radius 3 is 2.40 bits per heavy atom. The minimum Gasteiger partial charge on any atom is -0.506 e. The lowest BCUT2D eigenvalue weighted by molar-refractivity contribution is 0.167. The van der Waals surface area contributed by atoms with Crippen molar-refractivity contribution < 1.29 is 27.0 Å². The van der Waals surface area contributed by atoms with Crippen molar-refractivity contribution in [2.24, 2.45) is 0 Å². The van der Waals surface area contributed by atoms with Crippen LogP contribution in [0.3, 0.4) is 0 Å². The number of nitrogens with zero attached hydrogens (tertiary/aromatic N) is 2. The van der Waals surface area contributed by atoms with E-state index in [9.17, 15) is 27.0 Å². The average molecular weight is 644 g/mol. The first kappa shape index (κ1) is 30.8. The molecule has 5 rings (SSSR count). The molecule has 1 aliphatic rings. The number of benzene rings is 2. The highest BCUT2D eigenvalue weighted by Crippen LogP contribution is 2.31. The van der Waals surface area contributed by atoms with Gasteiger partial charge in [-0.25, -0.2) is 16.8 Å². The van der Waals surface area contributed by atoms with Crippen LogP contribution in [0.25, 0.3) is 10.6 Å². The standard InChI is InChI=1S/C29H33N5O6S3/c1-42(37,38)33-25-18-20(5-10-26(25)35)27(36)19-31-21-13-16-34(17-14-21)23-8-6-22(7-9-23)32-43(39,40)29-12-11-28(41-29)24-4-2-3-15-30-24/h2-12,15,18,21,27,31-33,35-36H,13-14,16-17,19H2,1H3. The number of anilines is 3. The monoisotopic (exact) mass is 643 g/mol. The molecule has 3 heterocycles. The Kier molecular flexibility index (Phi) is 9.22. The maximum absolute atomic E-state index is 13.0. The average Bonchev–Trinajstić information content (AvgIpc) is 3.49. The van der Waals surface area contributed by atoms with Crippen molar-refractivity contribution in [3.63, 3.8) is 0 Å². The summed E-state index contributed by atoms with van der Waals surface area (Å²) in [5.41, 5.74) is 2.70. The van der Waals surface area contributed by atoms with Gasteiger partial charge in [-0.2, -0.15) is 0 Å². The number of aromatic nitrogens is 1. The fourth-order valence-corrected chi connectivity index (χ4v) is 7.74. The molecule has 14 heteroatoms. The molecule has 11 nitrogen and oxygen atoms in total. The van der Waals surface area contributed by atoms with Crippen LogP contribution in [0.2, 0.25) is 0 Å². The fourth-order valence-electron chi connectivity index (χ4n) is 4.84. The SMILES string of the molecule is CS(=O)(=O)Nc1cc(C(O)CNC2CCN(c3ccc(NS(=O)(=O)c4ccc(-c5ccccn5)s4)cc3)CC2)ccc1O. The van der Waals surface area contributed by atoms with Gasteiger partial charge in [-0.1, -0.05) is 12.1 Å². The first-order valence-corrected chi connectivity index (χ1v) is 17.8. The minimum atomic E-state index is -3.74. The molecule has 0 spiro atoms. The summed E-state index contributed by atoms with van der Waals surface area (Å²) in [6, 6.07) is 20.7. The molecule has 1 aliphatic heterocycles. The molecule has 1 fully saturated rings. The van der Waals surface area contributed by atoms with Gasteiger partial charge in [0.15, 0.2) is 0 Å². The summed E-state index contributed by atoms with van der Waals surface area (Å²) in [5.74, 6) is -0.218. The Morgan fingerprint density at radius 1 is 0.977 bits per heavy atom. The highest BCUT2D eigenvalue weighted by molar-refractivity contribution is 7.94. The Bertz CT molecular complexity index is 1760. The van der Waals surface area contributed by atoms with Crippen LogP contribution in [0.15, 0.2) is 83.2 Å². The van der Waals surface area contributed by atoms with Gasteiger partial charge in [0, 0.05) is 43.2 Å². The van der Waals surface area contributed by atoms with Gasteiger partial charge in [0.05, 0.1) is 28.6 Å². The van der Waals surface area contributed by atoms with Gasteiger partial charge < -0.3 is 20.4 Å². The van der Waals surface area contributed by atoms with Crippen LogP contribution in [0.1, 0.15) is 24.5 Å². The van der Waals surface area contributed by atoms with E-state index in [1.54, 1.807) is 36.5 Å². The summed E-state index contributed by atoms with van der Waals surface area (Å²) < 4.78 is 54.1. The van der Waals surface area contributed by atoms with Gasteiger partial charge in [-0.05, 0) is 79.1 Å². The number of thiophene rings is 1. The zero-order valence-electron chi connectivity index (χ0n) is 23.3. The molecule has 43 heavy (non-hydrogen) atoms. The van der Waals surface area contributed by atoms with Crippen molar-refractivity contribution in [1.29, 1.82) is 0 Å². The van der Waals surface area contributed by atoms with E-state index in [1.165, 1.54) is 23.5 Å². The molecule has 0 radical (unpaired) electrons. The Morgan fingerprint density at radius 2 is 1.72 bits per heavy atom. The number of pyridine rings is 1. The number of aromatic hydroxyl groups is 1. The summed E-state index contributed by atoms with van der Waals surface area (Å²) in [5, 5.41) is 23.9. The van der Waals surface area contributed by atoms with Crippen LogP contribution in [0, 0.1) is 0 Å². The number of phenols is 1. The van der Waals surface area contributed by atoms with E-state index < -0.39 is 26.2 Å². The number of nitrogens with one attached hydrogen (secondary N) is 3. The molecule has 1 unspecified atom stereocenters. The molecule has 1 atom stereocenters. The van der Waals surface area contributed by atoms with E-state index >= 15 is 0 Å².